The Morgan fingerprint density at radius 3 is 2.69 bits per heavy atom. The molecular weight excluding hydrogens is 395 g/mol. The van der Waals surface area contributed by atoms with Crippen molar-refractivity contribution in [2.75, 3.05) is 38.2 Å². The number of anilines is 1. The Balaban J connectivity index is 1.50. The summed E-state index contributed by atoms with van der Waals surface area (Å²) in [6.07, 6.45) is 0. The molecule has 7 nitrogen and oxygen atoms in total. The lowest BCUT2D eigenvalue weighted by Crippen LogP contribution is -2.46. The van der Waals surface area contributed by atoms with Gasteiger partial charge in [-0.25, -0.2) is 14.2 Å². The van der Waals surface area contributed by atoms with E-state index >= 15 is 0 Å². The van der Waals surface area contributed by atoms with Crippen molar-refractivity contribution in [2.24, 2.45) is 0 Å². The van der Waals surface area contributed by atoms with Crippen LogP contribution in [0.3, 0.4) is 0 Å². The van der Waals surface area contributed by atoms with Gasteiger partial charge in [-0.3, -0.25) is 9.69 Å². The predicted molar refractivity (Wildman–Crippen MR) is 110 cm³/mol. The number of rotatable bonds is 4. The first-order valence-electron chi connectivity index (χ1n) is 9.30. The topological polar surface area (TPSA) is 78.5 Å². The molecule has 4 rings (SSSR count). The molecule has 0 unspecified atom stereocenters. The molecule has 1 aliphatic rings. The number of fused-ring (bicyclic) bond motifs is 1. The second-order valence-electron chi connectivity index (χ2n) is 6.96. The highest BCUT2D eigenvalue weighted by Crippen LogP contribution is 2.27. The number of thiophene rings is 1. The number of para-hydroxylation sites is 1. The zero-order valence-corrected chi connectivity index (χ0v) is 17.0. The van der Waals surface area contributed by atoms with Crippen LogP contribution in [0.25, 0.3) is 10.2 Å². The highest BCUT2D eigenvalue weighted by Gasteiger charge is 2.22. The highest BCUT2D eigenvalue weighted by molar-refractivity contribution is 7.20. The molecule has 1 fully saturated rings. The summed E-state index contributed by atoms with van der Waals surface area (Å²) in [5.74, 6) is -0.123. The number of benzene rings is 1. The number of nitrogens with zero attached hydrogens (tertiary/aromatic N) is 3. The fourth-order valence-electron chi connectivity index (χ4n) is 3.62. The van der Waals surface area contributed by atoms with Gasteiger partial charge >= 0.3 is 5.97 Å². The van der Waals surface area contributed by atoms with E-state index < -0.39 is 5.97 Å². The van der Waals surface area contributed by atoms with Crippen LogP contribution in [0, 0.1) is 12.7 Å². The number of aryl methyl sites for hydroxylation is 1. The number of piperazine rings is 1. The van der Waals surface area contributed by atoms with Crippen molar-refractivity contribution < 1.29 is 13.9 Å². The number of hydrogen-bond acceptors (Lipinski definition) is 7. The Bertz CT molecular complexity index is 1120. The Kier molecular flexibility index (Phi) is 5.33. The van der Waals surface area contributed by atoms with Gasteiger partial charge in [0, 0.05) is 26.2 Å². The summed E-state index contributed by atoms with van der Waals surface area (Å²) in [7, 11) is 1.32. The molecule has 0 atom stereocenters. The zero-order chi connectivity index (χ0) is 20.5. The molecule has 3 heterocycles. The van der Waals surface area contributed by atoms with E-state index in [1.165, 1.54) is 24.5 Å². The van der Waals surface area contributed by atoms with Gasteiger partial charge in [-0.1, -0.05) is 12.1 Å². The number of nitrogens with one attached hydrogen (secondary N) is 1. The first-order chi connectivity index (χ1) is 14.0. The van der Waals surface area contributed by atoms with Crippen LogP contribution >= 0.6 is 11.3 Å². The van der Waals surface area contributed by atoms with Crippen LogP contribution in [0.1, 0.15) is 21.1 Å². The average Bonchev–Trinajstić information content (AvgIpc) is 3.05. The number of methoxy groups -OCH3 is 1. The smallest absolute Gasteiger partial charge is 0.348 e. The van der Waals surface area contributed by atoms with Crippen molar-refractivity contribution in [3.8, 4) is 0 Å². The van der Waals surface area contributed by atoms with Crippen LogP contribution in [-0.2, 0) is 11.3 Å². The van der Waals surface area contributed by atoms with E-state index in [2.05, 4.69) is 14.9 Å². The summed E-state index contributed by atoms with van der Waals surface area (Å²) >= 11 is 1.17. The largest absolute Gasteiger partial charge is 0.465 e. The standard InChI is InChI=1S/C20H21FN4O3S/c1-12-16-18(26)22-15(23-19(16)29-17(12)20(27)28-2)11-24-7-9-25(10-8-24)14-6-4-3-5-13(14)21/h3-6H,7-11H2,1-2H3,(H,22,23,26). The van der Waals surface area contributed by atoms with Gasteiger partial charge in [0.05, 0.1) is 24.7 Å². The van der Waals surface area contributed by atoms with Gasteiger partial charge in [-0.2, -0.15) is 0 Å². The van der Waals surface area contributed by atoms with E-state index in [1.807, 2.05) is 11.0 Å². The second-order valence-corrected chi connectivity index (χ2v) is 7.95. The number of hydrogen-bond donors (Lipinski definition) is 1. The van der Waals surface area contributed by atoms with Crippen LogP contribution in [0.2, 0.25) is 0 Å². The molecule has 0 aliphatic carbocycles. The lowest BCUT2D eigenvalue weighted by Gasteiger charge is -2.35. The third-order valence-corrected chi connectivity index (χ3v) is 6.32. The molecule has 1 saturated heterocycles. The number of H-pyrrole nitrogens is 1. The molecular formula is C20H21FN4O3S. The molecule has 29 heavy (non-hydrogen) atoms. The Hall–Kier alpha value is -2.78. The van der Waals surface area contributed by atoms with Crippen molar-refractivity contribution in [1.29, 1.82) is 0 Å². The molecule has 0 amide bonds. The minimum atomic E-state index is -0.462. The normalized spacial score (nSPS) is 15.1. The SMILES string of the molecule is COC(=O)c1sc2nc(CN3CCN(c4ccccc4F)CC3)[nH]c(=O)c2c1C. The maximum atomic E-state index is 14.0. The van der Waals surface area contributed by atoms with Crippen LogP contribution < -0.4 is 10.5 Å². The summed E-state index contributed by atoms with van der Waals surface area (Å²) in [5.41, 5.74) is 0.957. The first-order valence-corrected chi connectivity index (χ1v) is 10.1. The quantitative estimate of drug-likeness (QED) is 0.659. The van der Waals surface area contributed by atoms with Gasteiger partial charge in [-0.05, 0) is 24.6 Å². The van der Waals surface area contributed by atoms with E-state index in [9.17, 15) is 14.0 Å². The third-order valence-electron chi connectivity index (χ3n) is 5.16. The third kappa shape index (κ3) is 3.75. The number of carbonyl (C=O) groups excluding carboxylic acids is 1. The molecule has 9 heteroatoms. The van der Waals surface area contributed by atoms with E-state index in [1.54, 1.807) is 19.1 Å². The van der Waals surface area contributed by atoms with Crippen molar-refractivity contribution in [3.05, 3.63) is 56.7 Å². The molecule has 0 saturated carbocycles. The molecule has 0 radical (unpaired) electrons. The van der Waals surface area contributed by atoms with E-state index in [0.29, 0.717) is 51.8 Å². The maximum absolute atomic E-state index is 14.0. The maximum Gasteiger partial charge on any atom is 0.348 e. The molecule has 1 N–H and O–H groups in total. The number of esters is 1. The van der Waals surface area contributed by atoms with Gasteiger partial charge < -0.3 is 14.6 Å². The lowest BCUT2D eigenvalue weighted by molar-refractivity contribution is 0.0605. The Morgan fingerprint density at radius 1 is 1.28 bits per heavy atom. The molecule has 2 aromatic heterocycles. The first kappa shape index (κ1) is 19.5. The van der Waals surface area contributed by atoms with Crippen LogP contribution in [0.5, 0.6) is 0 Å². The molecule has 1 aromatic carbocycles. The monoisotopic (exact) mass is 416 g/mol. The number of carbonyl (C=O) groups is 1. The number of ether oxygens (including phenoxy) is 1. The molecule has 3 aromatic rings. The summed E-state index contributed by atoms with van der Waals surface area (Å²) in [4.78, 5) is 37.0. The molecule has 1 aliphatic heterocycles. The minimum absolute atomic E-state index is 0.216. The number of halogens is 1. The molecule has 0 bridgehead atoms. The van der Waals surface area contributed by atoms with Crippen LogP contribution in [0.15, 0.2) is 29.1 Å². The fraction of sp³-hybridized carbons (Fsp3) is 0.350. The summed E-state index contributed by atoms with van der Waals surface area (Å²) < 4.78 is 18.8. The Morgan fingerprint density at radius 2 is 2.00 bits per heavy atom. The lowest BCUT2D eigenvalue weighted by atomic mass is 10.2. The van der Waals surface area contributed by atoms with Gasteiger partial charge in [0.2, 0.25) is 0 Å². The molecule has 0 spiro atoms. The summed E-state index contributed by atoms with van der Waals surface area (Å²) in [6.45, 7) is 5.06. The fourth-order valence-corrected chi connectivity index (χ4v) is 4.74. The van der Waals surface area contributed by atoms with Gasteiger partial charge in [0.1, 0.15) is 21.3 Å². The van der Waals surface area contributed by atoms with Crippen molar-refractivity contribution in [1.82, 2.24) is 14.9 Å². The van der Waals surface area contributed by atoms with Gasteiger partial charge in [-0.15, -0.1) is 11.3 Å². The number of aromatic nitrogens is 2. The van der Waals surface area contributed by atoms with Crippen molar-refractivity contribution >= 4 is 33.2 Å². The van der Waals surface area contributed by atoms with Crippen LogP contribution in [0.4, 0.5) is 10.1 Å². The highest BCUT2D eigenvalue weighted by atomic mass is 32.1. The van der Waals surface area contributed by atoms with E-state index in [-0.39, 0.29) is 11.4 Å². The minimum Gasteiger partial charge on any atom is -0.465 e. The summed E-state index contributed by atoms with van der Waals surface area (Å²) in [5, 5.41) is 0.434. The zero-order valence-electron chi connectivity index (χ0n) is 16.2. The van der Waals surface area contributed by atoms with E-state index in [0.717, 1.165) is 13.1 Å². The number of aromatic amines is 1. The Labute approximate surface area is 170 Å². The van der Waals surface area contributed by atoms with E-state index in [4.69, 9.17) is 4.74 Å². The predicted octanol–water partition coefficient (Wildman–Crippen LogP) is 2.54. The molecule has 152 valence electrons. The van der Waals surface area contributed by atoms with Crippen molar-refractivity contribution in [2.45, 2.75) is 13.5 Å². The van der Waals surface area contributed by atoms with Crippen molar-refractivity contribution in [3.63, 3.8) is 0 Å². The second kappa shape index (κ2) is 7.92. The van der Waals surface area contributed by atoms with Gasteiger partial charge in [0.15, 0.2) is 0 Å². The summed E-state index contributed by atoms with van der Waals surface area (Å²) in [6, 6.07) is 6.78. The average molecular weight is 416 g/mol. The van der Waals surface area contributed by atoms with Crippen LogP contribution in [-0.4, -0.2) is 54.1 Å². The van der Waals surface area contributed by atoms with Gasteiger partial charge in [0.25, 0.3) is 5.56 Å².